The highest BCUT2D eigenvalue weighted by molar-refractivity contribution is 5.88. The highest BCUT2D eigenvalue weighted by Crippen LogP contribution is 2.14. The SMILES string of the molecule is NCC(C(=O)N[C@@H](CCO)C(=O)O)c1ccccc1. The second-order valence-corrected chi connectivity index (χ2v) is 4.11. The molecule has 1 aromatic rings. The Morgan fingerprint density at radius 1 is 1.26 bits per heavy atom. The van der Waals surface area contributed by atoms with Crippen molar-refractivity contribution in [2.75, 3.05) is 13.2 Å². The molecule has 1 aromatic carbocycles. The van der Waals surface area contributed by atoms with E-state index < -0.39 is 23.8 Å². The lowest BCUT2D eigenvalue weighted by Gasteiger charge is -2.19. The summed E-state index contributed by atoms with van der Waals surface area (Å²) in [5, 5.41) is 20.1. The number of nitrogens with one attached hydrogen (secondary N) is 1. The largest absolute Gasteiger partial charge is 0.480 e. The number of rotatable bonds is 7. The van der Waals surface area contributed by atoms with Gasteiger partial charge in [-0.25, -0.2) is 4.79 Å². The van der Waals surface area contributed by atoms with Crippen molar-refractivity contribution in [3.8, 4) is 0 Å². The van der Waals surface area contributed by atoms with E-state index in [1.807, 2.05) is 6.07 Å². The molecule has 0 aromatic heterocycles. The molecule has 0 saturated heterocycles. The molecule has 1 rings (SSSR count). The molecule has 1 amide bonds. The van der Waals surface area contributed by atoms with Crippen LogP contribution in [0.1, 0.15) is 17.9 Å². The Balaban J connectivity index is 2.76. The van der Waals surface area contributed by atoms with Crippen LogP contribution in [0, 0.1) is 0 Å². The van der Waals surface area contributed by atoms with E-state index in [4.69, 9.17) is 15.9 Å². The first kappa shape index (κ1) is 15.1. The molecule has 1 unspecified atom stereocenters. The van der Waals surface area contributed by atoms with Crippen LogP contribution in [-0.2, 0) is 9.59 Å². The predicted molar refractivity (Wildman–Crippen MR) is 69.5 cm³/mol. The van der Waals surface area contributed by atoms with Crippen molar-refractivity contribution in [1.29, 1.82) is 0 Å². The van der Waals surface area contributed by atoms with Gasteiger partial charge >= 0.3 is 5.97 Å². The van der Waals surface area contributed by atoms with Crippen LogP contribution in [0.15, 0.2) is 30.3 Å². The third kappa shape index (κ3) is 4.35. The molecular formula is C13H18N2O4. The van der Waals surface area contributed by atoms with Crippen LogP contribution in [0.2, 0.25) is 0 Å². The van der Waals surface area contributed by atoms with Crippen molar-refractivity contribution in [2.24, 2.45) is 5.73 Å². The summed E-state index contributed by atoms with van der Waals surface area (Å²) < 4.78 is 0. The Kier molecular flexibility index (Phi) is 5.98. The number of carbonyl (C=O) groups is 2. The molecule has 0 heterocycles. The molecule has 0 spiro atoms. The standard InChI is InChI=1S/C13H18N2O4/c14-8-10(9-4-2-1-3-5-9)12(17)15-11(6-7-16)13(18)19/h1-5,10-11,16H,6-8,14H2,(H,15,17)(H,18,19)/t10?,11-/m0/s1. The van der Waals surface area contributed by atoms with E-state index in [1.165, 1.54) is 0 Å². The molecule has 0 saturated carbocycles. The van der Waals surface area contributed by atoms with E-state index in [1.54, 1.807) is 24.3 Å². The minimum absolute atomic E-state index is 0.0346. The van der Waals surface area contributed by atoms with E-state index in [0.29, 0.717) is 0 Å². The van der Waals surface area contributed by atoms with E-state index >= 15 is 0 Å². The molecule has 6 nitrogen and oxygen atoms in total. The maximum absolute atomic E-state index is 12.0. The van der Waals surface area contributed by atoms with Gasteiger partial charge in [0.15, 0.2) is 0 Å². The van der Waals surface area contributed by atoms with Gasteiger partial charge in [-0.1, -0.05) is 30.3 Å². The first-order chi connectivity index (χ1) is 9.10. The van der Waals surface area contributed by atoms with E-state index in [2.05, 4.69) is 5.32 Å². The monoisotopic (exact) mass is 266 g/mol. The molecule has 0 aliphatic carbocycles. The topological polar surface area (TPSA) is 113 Å². The first-order valence-electron chi connectivity index (χ1n) is 5.99. The number of carboxylic acid groups (broad SMARTS) is 1. The number of hydrogen-bond acceptors (Lipinski definition) is 4. The van der Waals surface area contributed by atoms with Crippen LogP contribution in [0.5, 0.6) is 0 Å². The zero-order chi connectivity index (χ0) is 14.3. The molecule has 5 N–H and O–H groups in total. The zero-order valence-corrected chi connectivity index (χ0v) is 10.5. The molecule has 2 atom stereocenters. The fourth-order valence-corrected chi connectivity index (χ4v) is 1.74. The number of nitrogens with two attached hydrogens (primary N) is 1. The van der Waals surface area contributed by atoms with E-state index in [0.717, 1.165) is 5.56 Å². The number of hydrogen-bond donors (Lipinski definition) is 4. The summed E-state index contributed by atoms with van der Waals surface area (Å²) in [6, 6.07) is 7.82. The number of aliphatic hydroxyl groups is 1. The lowest BCUT2D eigenvalue weighted by Crippen LogP contribution is -2.44. The fourth-order valence-electron chi connectivity index (χ4n) is 1.74. The molecule has 6 heteroatoms. The van der Waals surface area contributed by atoms with Crippen LogP contribution in [0.25, 0.3) is 0 Å². The smallest absolute Gasteiger partial charge is 0.326 e. The maximum Gasteiger partial charge on any atom is 0.326 e. The van der Waals surface area contributed by atoms with Gasteiger partial charge < -0.3 is 21.3 Å². The predicted octanol–water partition coefficient (Wildman–Crippen LogP) is -0.319. The van der Waals surface area contributed by atoms with Crippen molar-refractivity contribution in [3.05, 3.63) is 35.9 Å². The summed E-state index contributed by atoms with van der Waals surface area (Å²) in [7, 11) is 0. The Hall–Kier alpha value is -1.92. The molecular weight excluding hydrogens is 248 g/mol. The van der Waals surface area contributed by atoms with Gasteiger partial charge in [0.1, 0.15) is 6.04 Å². The number of carbonyl (C=O) groups excluding carboxylic acids is 1. The summed E-state index contributed by atoms with van der Waals surface area (Å²) in [6.45, 7) is -0.225. The van der Waals surface area contributed by atoms with Crippen molar-refractivity contribution in [1.82, 2.24) is 5.32 Å². The molecule has 19 heavy (non-hydrogen) atoms. The van der Waals surface area contributed by atoms with Gasteiger partial charge in [0.2, 0.25) is 5.91 Å². The quantitative estimate of drug-likeness (QED) is 0.540. The summed E-state index contributed by atoms with van der Waals surface area (Å²) in [5.41, 5.74) is 6.31. The lowest BCUT2D eigenvalue weighted by atomic mass is 9.98. The first-order valence-corrected chi connectivity index (χ1v) is 5.99. The average Bonchev–Trinajstić information content (AvgIpc) is 2.40. The highest BCUT2D eigenvalue weighted by Gasteiger charge is 2.25. The van der Waals surface area contributed by atoms with Gasteiger partial charge in [0.05, 0.1) is 5.92 Å². The van der Waals surface area contributed by atoms with Crippen molar-refractivity contribution in [2.45, 2.75) is 18.4 Å². The van der Waals surface area contributed by atoms with Crippen LogP contribution in [-0.4, -0.2) is 41.3 Å². The van der Waals surface area contributed by atoms with Crippen LogP contribution in [0.3, 0.4) is 0 Å². The number of amides is 1. The van der Waals surface area contributed by atoms with Crippen molar-refractivity contribution >= 4 is 11.9 Å². The van der Waals surface area contributed by atoms with Crippen molar-refractivity contribution in [3.63, 3.8) is 0 Å². The molecule has 0 bridgehead atoms. The normalized spacial score (nSPS) is 13.6. The minimum Gasteiger partial charge on any atom is -0.480 e. The Bertz CT molecular complexity index is 422. The van der Waals surface area contributed by atoms with E-state index in [-0.39, 0.29) is 19.6 Å². The van der Waals surface area contributed by atoms with E-state index in [9.17, 15) is 9.59 Å². The second-order valence-electron chi connectivity index (χ2n) is 4.11. The number of aliphatic hydroxyl groups excluding tert-OH is 1. The highest BCUT2D eigenvalue weighted by atomic mass is 16.4. The van der Waals surface area contributed by atoms with Gasteiger partial charge in [0.25, 0.3) is 0 Å². The molecule has 0 radical (unpaired) electrons. The molecule has 0 aliphatic rings. The second kappa shape index (κ2) is 7.50. The summed E-state index contributed by atoms with van der Waals surface area (Å²) in [4.78, 5) is 22.9. The van der Waals surface area contributed by atoms with Gasteiger partial charge in [-0.2, -0.15) is 0 Å². The number of aliphatic carboxylic acids is 1. The Morgan fingerprint density at radius 3 is 2.37 bits per heavy atom. The fraction of sp³-hybridized carbons (Fsp3) is 0.385. The molecule has 104 valence electrons. The number of carboxylic acids is 1. The minimum atomic E-state index is -1.17. The zero-order valence-electron chi connectivity index (χ0n) is 10.5. The summed E-state index contributed by atoms with van der Waals surface area (Å²) >= 11 is 0. The summed E-state index contributed by atoms with van der Waals surface area (Å²) in [5.74, 6) is -2.22. The number of benzene rings is 1. The van der Waals surface area contributed by atoms with Gasteiger partial charge in [-0.15, -0.1) is 0 Å². The Morgan fingerprint density at radius 2 is 1.89 bits per heavy atom. The maximum atomic E-state index is 12.0. The van der Waals surface area contributed by atoms with Crippen molar-refractivity contribution < 1.29 is 19.8 Å². The third-order valence-electron chi connectivity index (χ3n) is 2.79. The van der Waals surface area contributed by atoms with Crippen LogP contribution < -0.4 is 11.1 Å². The molecule has 0 fully saturated rings. The van der Waals surface area contributed by atoms with Crippen LogP contribution in [0.4, 0.5) is 0 Å². The van der Waals surface area contributed by atoms with Gasteiger partial charge in [-0.3, -0.25) is 4.79 Å². The average molecular weight is 266 g/mol. The lowest BCUT2D eigenvalue weighted by molar-refractivity contribution is -0.142. The van der Waals surface area contributed by atoms with Crippen LogP contribution >= 0.6 is 0 Å². The Labute approximate surface area is 111 Å². The molecule has 0 aliphatic heterocycles. The third-order valence-corrected chi connectivity index (χ3v) is 2.79. The summed E-state index contributed by atoms with van der Waals surface area (Å²) in [6.07, 6.45) is -0.0346. The van der Waals surface area contributed by atoms with Gasteiger partial charge in [0, 0.05) is 19.6 Å². The van der Waals surface area contributed by atoms with Gasteiger partial charge in [-0.05, 0) is 5.56 Å².